The summed E-state index contributed by atoms with van der Waals surface area (Å²) in [6, 6.07) is 14.3. The Morgan fingerprint density at radius 2 is 1.69 bits per heavy atom. The Kier molecular flexibility index (Phi) is 7.29. The van der Waals surface area contributed by atoms with Crippen molar-refractivity contribution in [3.05, 3.63) is 53.6 Å². The molecule has 1 fully saturated rings. The molecule has 2 aromatic rings. The summed E-state index contributed by atoms with van der Waals surface area (Å²) in [5.74, 6) is -1.57. The molecule has 6 heteroatoms. The molecule has 4 rings (SSSR count). The van der Waals surface area contributed by atoms with Crippen molar-refractivity contribution in [2.45, 2.75) is 64.7 Å². The van der Waals surface area contributed by atoms with E-state index in [4.69, 9.17) is 14.9 Å². The number of carbonyl (C=O) groups is 2. The number of benzene rings is 2. The zero-order valence-corrected chi connectivity index (χ0v) is 21.2. The molecule has 0 aliphatic carbocycles. The summed E-state index contributed by atoms with van der Waals surface area (Å²) >= 11 is 0. The first-order valence-corrected chi connectivity index (χ1v) is 12.6. The largest absolute Gasteiger partial charge is 0.465 e. The Labute approximate surface area is 208 Å². The first-order valence-electron chi connectivity index (χ1n) is 12.6. The van der Waals surface area contributed by atoms with E-state index in [-0.39, 0.29) is 30.2 Å². The van der Waals surface area contributed by atoms with Crippen LogP contribution >= 0.6 is 0 Å². The fraction of sp³-hybridized carbons (Fsp3) is 0.483. The van der Waals surface area contributed by atoms with Crippen molar-refractivity contribution in [3.8, 4) is 16.9 Å². The lowest BCUT2D eigenvalue weighted by atomic mass is 9.79. The maximum Gasteiger partial charge on any atom is 0.319 e. The Bertz CT molecular complexity index is 1090. The zero-order chi connectivity index (χ0) is 25.2. The second-order valence-electron chi connectivity index (χ2n) is 10.5. The minimum Gasteiger partial charge on any atom is -0.465 e. The third-order valence-corrected chi connectivity index (χ3v) is 7.04. The van der Waals surface area contributed by atoms with Gasteiger partial charge in [-0.2, -0.15) is 0 Å². The van der Waals surface area contributed by atoms with Gasteiger partial charge in [-0.05, 0) is 60.4 Å². The van der Waals surface area contributed by atoms with Crippen molar-refractivity contribution < 1.29 is 19.1 Å². The van der Waals surface area contributed by atoms with Gasteiger partial charge in [0.15, 0.2) is 0 Å². The van der Waals surface area contributed by atoms with Gasteiger partial charge in [0.25, 0.3) is 0 Å². The molecule has 2 atom stereocenters. The molecule has 0 aromatic heterocycles. The maximum absolute atomic E-state index is 13.3. The number of esters is 1. The summed E-state index contributed by atoms with van der Waals surface area (Å²) in [5.41, 5.74) is 4.13. The molecule has 2 aliphatic rings. The van der Waals surface area contributed by atoms with Crippen molar-refractivity contribution in [1.82, 2.24) is 4.90 Å². The number of carbonyl (C=O) groups excluding carboxylic acids is 2. The van der Waals surface area contributed by atoms with E-state index in [1.54, 1.807) is 6.92 Å². The van der Waals surface area contributed by atoms with Crippen LogP contribution in [-0.4, -0.2) is 42.4 Å². The summed E-state index contributed by atoms with van der Waals surface area (Å²) in [6.45, 7) is 10.0. The number of likely N-dealkylation sites (tertiary alicyclic amines) is 1. The summed E-state index contributed by atoms with van der Waals surface area (Å²) in [6.07, 6.45) is 3.29. The van der Waals surface area contributed by atoms with Gasteiger partial charge < -0.3 is 14.4 Å². The average molecular weight is 477 g/mol. The van der Waals surface area contributed by atoms with Gasteiger partial charge in [0, 0.05) is 31.0 Å². The number of nitrogens with zero attached hydrogens (tertiary/aromatic N) is 1. The Hall–Kier alpha value is -3.15. The molecule has 2 aliphatic heterocycles. The fourth-order valence-electron chi connectivity index (χ4n) is 5.01. The molecule has 1 saturated heterocycles. The van der Waals surface area contributed by atoms with Crippen LogP contribution in [0.5, 0.6) is 5.75 Å². The lowest BCUT2D eigenvalue weighted by Gasteiger charge is -2.34. The predicted octanol–water partition coefficient (Wildman–Crippen LogP) is 5.69. The minimum atomic E-state index is -0.935. The van der Waals surface area contributed by atoms with E-state index in [1.165, 1.54) is 5.56 Å². The molecule has 2 aromatic carbocycles. The van der Waals surface area contributed by atoms with Gasteiger partial charge in [0.1, 0.15) is 11.7 Å². The maximum atomic E-state index is 13.3. The molecule has 6 nitrogen and oxygen atoms in total. The normalized spacial score (nSPS) is 20.1. The standard InChI is InChI=1S/C29H36N2O4/c1-5-34-28(33)26-23(18-25(32)31-15-7-6-8-16-31)22-17-20(11-14-24(22)35-27(26)30)19-9-12-21(13-10-19)29(2,3)4/h9-14,17,23,26,30H,5-8,15-16,18H2,1-4H3. The molecule has 1 amide bonds. The van der Waals surface area contributed by atoms with Crippen LogP contribution in [0.25, 0.3) is 11.1 Å². The van der Waals surface area contributed by atoms with E-state index in [9.17, 15) is 9.59 Å². The molecule has 0 radical (unpaired) electrons. The van der Waals surface area contributed by atoms with Crippen molar-refractivity contribution in [1.29, 1.82) is 5.41 Å². The lowest BCUT2D eigenvalue weighted by molar-refractivity contribution is -0.147. The van der Waals surface area contributed by atoms with Crippen LogP contribution in [-0.2, 0) is 19.7 Å². The summed E-state index contributed by atoms with van der Waals surface area (Å²) in [4.78, 5) is 28.1. The summed E-state index contributed by atoms with van der Waals surface area (Å²) in [7, 11) is 0. The Morgan fingerprint density at radius 1 is 1.03 bits per heavy atom. The Balaban J connectivity index is 1.71. The van der Waals surface area contributed by atoms with Crippen LogP contribution in [0.3, 0.4) is 0 Å². The van der Waals surface area contributed by atoms with E-state index in [1.807, 2.05) is 23.1 Å². The number of fused-ring (bicyclic) bond motifs is 1. The number of piperidine rings is 1. The van der Waals surface area contributed by atoms with E-state index in [2.05, 4.69) is 45.0 Å². The highest BCUT2D eigenvalue weighted by atomic mass is 16.5. The summed E-state index contributed by atoms with van der Waals surface area (Å²) < 4.78 is 11.1. The van der Waals surface area contributed by atoms with Crippen molar-refractivity contribution in [3.63, 3.8) is 0 Å². The number of rotatable bonds is 5. The van der Waals surface area contributed by atoms with Gasteiger partial charge in [-0.1, -0.05) is 51.1 Å². The van der Waals surface area contributed by atoms with Gasteiger partial charge in [0.2, 0.25) is 11.8 Å². The topological polar surface area (TPSA) is 79.7 Å². The van der Waals surface area contributed by atoms with Gasteiger partial charge in [0.05, 0.1) is 6.61 Å². The van der Waals surface area contributed by atoms with Crippen molar-refractivity contribution in [2.75, 3.05) is 19.7 Å². The molecule has 186 valence electrons. The van der Waals surface area contributed by atoms with Gasteiger partial charge >= 0.3 is 5.97 Å². The smallest absolute Gasteiger partial charge is 0.319 e. The molecular weight excluding hydrogens is 440 g/mol. The number of nitrogens with one attached hydrogen (secondary N) is 1. The predicted molar refractivity (Wildman–Crippen MR) is 137 cm³/mol. The highest BCUT2D eigenvalue weighted by molar-refractivity contribution is 6.00. The van der Waals surface area contributed by atoms with Crippen LogP contribution < -0.4 is 4.74 Å². The van der Waals surface area contributed by atoms with Crippen LogP contribution in [0.4, 0.5) is 0 Å². The van der Waals surface area contributed by atoms with Crippen LogP contribution in [0.1, 0.15) is 70.4 Å². The highest BCUT2D eigenvalue weighted by Crippen LogP contribution is 2.43. The van der Waals surface area contributed by atoms with E-state index < -0.39 is 17.8 Å². The average Bonchev–Trinajstić information content (AvgIpc) is 2.84. The van der Waals surface area contributed by atoms with Gasteiger partial charge in [-0.3, -0.25) is 15.0 Å². The SMILES string of the molecule is CCOC(=O)C1C(=N)Oc2ccc(-c3ccc(C(C)(C)C)cc3)cc2C1CC(=O)N1CCCCC1. The quantitative estimate of drug-likeness (QED) is 0.563. The van der Waals surface area contributed by atoms with Crippen molar-refractivity contribution >= 4 is 17.8 Å². The number of hydrogen-bond acceptors (Lipinski definition) is 5. The van der Waals surface area contributed by atoms with Crippen LogP contribution in [0.15, 0.2) is 42.5 Å². The molecule has 35 heavy (non-hydrogen) atoms. The second-order valence-corrected chi connectivity index (χ2v) is 10.5. The molecule has 2 heterocycles. The third-order valence-electron chi connectivity index (χ3n) is 7.04. The van der Waals surface area contributed by atoms with E-state index in [0.717, 1.165) is 49.0 Å². The molecule has 2 unspecified atom stereocenters. The van der Waals surface area contributed by atoms with Crippen LogP contribution in [0.2, 0.25) is 0 Å². The monoisotopic (exact) mass is 476 g/mol. The molecular formula is C29H36N2O4. The first kappa shape index (κ1) is 25.0. The van der Waals surface area contributed by atoms with E-state index in [0.29, 0.717) is 5.75 Å². The number of ether oxygens (including phenoxy) is 2. The number of amides is 1. The molecule has 0 bridgehead atoms. The number of hydrogen-bond donors (Lipinski definition) is 1. The molecule has 1 N–H and O–H groups in total. The molecule has 0 spiro atoms. The fourth-order valence-corrected chi connectivity index (χ4v) is 5.01. The lowest BCUT2D eigenvalue weighted by Crippen LogP contribution is -2.42. The molecule has 0 saturated carbocycles. The van der Waals surface area contributed by atoms with Crippen molar-refractivity contribution in [2.24, 2.45) is 5.92 Å². The zero-order valence-electron chi connectivity index (χ0n) is 21.2. The first-order chi connectivity index (χ1) is 16.7. The highest BCUT2D eigenvalue weighted by Gasteiger charge is 2.43. The van der Waals surface area contributed by atoms with Crippen LogP contribution in [0, 0.1) is 11.3 Å². The van der Waals surface area contributed by atoms with E-state index >= 15 is 0 Å². The Morgan fingerprint density at radius 3 is 2.31 bits per heavy atom. The summed E-state index contributed by atoms with van der Waals surface area (Å²) in [5, 5.41) is 8.46. The van der Waals surface area contributed by atoms with Gasteiger partial charge in [-0.25, -0.2) is 0 Å². The van der Waals surface area contributed by atoms with Gasteiger partial charge in [-0.15, -0.1) is 0 Å². The third kappa shape index (κ3) is 5.42. The minimum absolute atomic E-state index is 0.0181. The second kappa shape index (κ2) is 10.2.